The lowest BCUT2D eigenvalue weighted by Gasteiger charge is -2.12. The first-order chi connectivity index (χ1) is 14.2. The highest BCUT2D eigenvalue weighted by Gasteiger charge is 2.11. The summed E-state index contributed by atoms with van der Waals surface area (Å²) in [5, 5.41) is 9.02. The number of carbonyl (C=O) groups is 1. The quantitative estimate of drug-likeness (QED) is 0.261. The van der Waals surface area contributed by atoms with Crippen LogP contribution in [0.3, 0.4) is 0 Å². The maximum absolute atomic E-state index is 12.1. The molecule has 0 bridgehead atoms. The van der Waals surface area contributed by atoms with Crippen molar-refractivity contribution >= 4 is 51.5 Å². The summed E-state index contributed by atoms with van der Waals surface area (Å²) in [4.78, 5) is 21.1. The summed E-state index contributed by atoms with van der Waals surface area (Å²) in [5.74, 6) is 0.976. The predicted octanol–water partition coefficient (Wildman–Crippen LogP) is 2.80. The van der Waals surface area contributed by atoms with Gasteiger partial charge >= 0.3 is 0 Å². The van der Waals surface area contributed by atoms with Crippen LogP contribution in [0.4, 0.5) is 5.82 Å². The first-order valence-corrected chi connectivity index (χ1v) is 11.6. The van der Waals surface area contributed by atoms with E-state index in [4.69, 9.17) is 0 Å². The number of rotatable bonds is 8. The molecule has 31 heavy (non-hydrogen) atoms. The van der Waals surface area contributed by atoms with Gasteiger partial charge in [-0.3, -0.25) is 4.79 Å². The minimum absolute atomic E-state index is 0. The number of nitrogens with zero attached hydrogens (tertiary/aromatic N) is 2. The lowest BCUT2D eigenvalue weighted by Crippen LogP contribution is -2.38. The number of carbonyl (C=O) groups excluding carboxylic acids is 1. The van der Waals surface area contributed by atoms with Crippen molar-refractivity contribution in [2.45, 2.75) is 38.6 Å². The number of hydrogen-bond acceptors (Lipinski definition) is 5. The molecule has 0 atom stereocenters. The number of benzene rings is 1. The van der Waals surface area contributed by atoms with E-state index in [1.165, 1.54) is 6.26 Å². The van der Waals surface area contributed by atoms with Crippen LogP contribution in [0.25, 0.3) is 0 Å². The van der Waals surface area contributed by atoms with E-state index < -0.39 is 9.84 Å². The molecule has 0 unspecified atom stereocenters. The van der Waals surface area contributed by atoms with Crippen molar-refractivity contribution in [3.05, 3.63) is 53.2 Å². The molecule has 1 aromatic heterocycles. The summed E-state index contributed by atoms with van der Waals surface area (Å²) in [6.07, 6.45) is 3.17. The molecular formula is C21H30IN5O3S. The molecule has 0 saturated heterocycles. The molecule has 8 nitrogen and oxygen atoms in total. The zero-order valence-electron chi connectivity index (χ0n) is 18.2. The Balaban J connectivity index is 0.00000480. The van der Waals surface area contributed by atoms with Gasteiger partial charge in [0, 0.05) is 32.0 Å². The normalized spacial score (nSPS) is 11.4. The maximum atomic E-state index is 12.1. The Kier molecular flexibility index (Phi) is 10.9. The van der Waals surface area contributed by atoms with Gasteiger partial charge < -0.3 is 16.0 Å². The second-order valence-corrected chi connectivity index (χ2v) is 9.00. The van der Waals surface area contributed by atoms with Crippen molar-refractivity contribution in [2.75, 3.05) is 24.7 Å². The Morgan fingerprint density at radius 2 is 1.87 bits per heavy atom. The van der Waals surface area contributed by atoms with E-state index in [0.717, 1.165) is 11.1 Å². The average Bonchev–Trinajstić information content (AvgIpc) is 2.67. The largest absolute Gasteiger partial charge is 0.357 e. The van der Waals surface area contributed by atoms with E-state index in [1.54, 1.807) is 31.3 Å². The van der Waals surface area contributed by atoms with Crippen molar-refractivity contribution in [3.8, 4) is 0 Å². The third-order valence-corrected chi connectivity index (χ3v) is 5.48. The molecule has 0 saturated carbocycles. The standard InChI is InChI=1S/C21H29N5O3S.HI/c1-5-22-21(23-11-10-20(27)26-19-9-6-15(2)13-24-19)25-14-17-7-8-18(16(3)12-17)30(4,28)29;/h6-9,12-13H,5,10-11,14H2,1-4H3,(H2,22,23,25)(H,24,26,27);1H. The number of hydrogen-bond donors (Lipinski definition) is 3. The van der Waals surface area contributed by atoms with E-state index >= 15 is 0 Å². The number of aryl methyl sites for hydroxylation is 2. The number of amides is 1. The summed E-state index contributed by atoms with van der Waals surface area (Å²) in [6.45, 7) is 7.14. The van der Waals surface area contributed by atoms with Crippen LogP contribution in [-0.4, -0.2) is 44.6 Å². The van der Waals surface area contributed by atoms with E-state index in [-0.39, 0.29) is 36.3 Å². The zero-order chi connectivity index (χ0) is 22.1. The molecule has 0 aliphatic heterocycles. The Morgan fingerprint density at radius 1 is 1.13 bits per heavy atom. The lowest BCUT2D eigenvalue weighted by atomic mass is 10.1. The highest BCUT2D eigenvalue weighted by atomic mass is 127. The average molecular weight is 559 g/mol. The zero-order valence-corrected chi connectivity index (χ0v) is 21.4. The predicted molar refractivity (Wildman–Crippen MR) is 135 cm³/mol. The molecule has 10 heteroatoms. The van der Waals surface area contributed by atoms with E-state index in [2.05, 4.69) is 25.9 Å². The minimum Gasteiger partial charge on any atom is -0.357 e. The number of pyridine rings is 1. The van der Waals surface area contributed by atoms with E-state index in [0.29, 0.717) is 41.9 Å². The van der Waals surface area contributed by atoms with Crippen LogP contribution in [0.5, 0.6) is 0 Å². The molecule has 1 amide bonds. The van der Waals surface area contributed by atoms with Gasteiger partial charge in [-0.15, -0.1) is 24.0 Å². The fraction of sp³-hybridized carbons (Fsp3) is 0.381. The first-order valence-electron chi connectivity index (χ1n) is 9.73. The Bertz CT molecular complexity index is 1010. The second-order valence-electron chi connectivity index (χ2n) is 7.01. The number of halogens is 1. The van der Waals surface area contributed by atoms with Crippen molar-refractivity contribution < 1.29 is 13.2 Å². The van der Waals surface area contributed by atoms with Gasteiger partial charge in [-0.1, -0.05) is 18.2 Å². The minimum atomic E-state index is -3.24. The molecule has 170 valence electrons. The van der Waals surface area contributed by atoms with Crippen molar-refractivity contribution in [3.63, 3.8) is 0 Å². The van der Waals surface area contributed by atoms with Gasteiger partial charge in [-0.2, -0.15) is 0 Å². The van der Waals surface area contributed by atoms with Crippen LogP contribution < -0.4 is 16.0 Å². The highest BCUT2D eigenvalue weighted by Crippen LogP contribution is 2.17. The van der Waals surface area contributed by atoms with Gasteiger partial charge in [0.15, 0.2) is 15.8 Å². The molecule has 2 aromatic rings. The van der Waals surface area contributed by atoms with E-state index in [9.17, 15) is 13.2 Å². The number of sulfone groups is 1. The summed E-state index contributed by atoms with van der Waals surface area (Å²) in [7, 11) is -3.24. The van der Waals surface area contributed by atoms with Crippen molar-refractivity contribution in [2.24, 2.45) is 4.99 Å². The van der Waals surface area contributed by atoms with Gasteiger partial charge in [-0.05, 0) is 49.6 Å². The molecule has 0 radical (unpaired) electrons. The summed E-state index contributed by atoms with van der Waals surface area (Å²) in [6, 6.07) is 8.85. The SMILES string of the molecule is CCNC(=NCc1ccc(S(C)(=O)=O)c(C)c1)NCCC(=O)Nc1ccc(C)cn1.I. The topological polar surface area (TPSA) is 113 Å². The number of guanidine groups is 1. The number of aromatic nitrogens is 1. The Labute approximate surface area is 201 Å². The van der Waals surface area contributed by atoms with Crippen LogP contribution >= 0.6 is 24.0 Å². The molecule has 0 aliphatic carbocycles. The van der Waals surface area contributed by atoms with Crippen molar-refractivity contribution in [1.29, 1.82) is 0 Å². The molecule has 1 aromatic carbocycles. The van der Waals surface area contributed by atoms with Crippen LogP contribution in [0.1, 0.15) is 30.0 Å². The molecule has 0 aliphatic rings. The Morgan fingerprint density at radius 3 is 2.45 bits per heavy atom. The molecular weight excluding hydrogens is 529 g/mol. The molecule has 3 N–H and O–H groups in total. The van der Waals surface area contributed by atoms with Crippen LogP contribution in [0.2, 0.25) is 0 Å². The smallest absolute Gasteiger partial charge is 0.227 e. The number of anilines is 1. The maximum Gasteiger partial charge on any atom is 0.227 e. The third kappa shape index (κ3) is 9.21. The van der Waals surface area contributed by atoms with Crippen LogP contribution in [0.15, 0.2) is 46.4 Å². The molecule has 1 heterocycles. The van der Waals surface area contributed by atoms with E-state index in [1.807, 2.05) is 26.0 Å². The monoisotopic (exact) mass is 559 g/mol. The Hall–Kier alpha value is -2.21. The lowest BCUT2D eigenvalue weighted by molar-refractivity contribution is -0.116. The second kappa shape index (κ2) is 12.6. The van der Waals surface area contributed by atoms with Gasteiger partial charge in [0.05, 0.1) is 11.4 Å². The van der Waals surface area contributed by atoms with Crippen molar-refractivity contribution in [1.82, 2.24) is 15.6 Å². The molecule has 2 rings (SSSR count). The molecule has 0 fully saturated rings. The molecule has 0 spiro atoms. The fourth-order valence-electron chi connectivity index (χ4n) is 2.78. The summed E-state index contributed by atoms with van der Waals surface area (Å²) in [5.41, 5.74) is 2.63. The van der Waals surface area contributed by atoms with Gasteiger partial charge in [0.2, 0.25) is 5.91 Å². The third-order valence-electron chi connectivity index (χ3n) is 4.23. The number of nitrogens with one attached hydrogen (secondary N) is 3. The van der Waals surface area contributed by atoms with Gasteiger partial charge in [-0.25, -0.2) is 18.4 Å². The first kappa shape index (κ1) is 26.8. The summed E-state index contributed by atoms with van der Waals surface area (Å²) < 4.78 is 23.5. The van der Waals surface area contributed by atoms with Crippen LogP contribution in [-0.2, 0) is 21.2 Å². The van der Waals surface area contributed by atoms with Gasteiger partial charge in [0.1, 0.15) is 5.82 Å². The fourth-order valence-corrected chi connectivity index (χ4v) is 3.74. The highest BCUT2D eigenvalue weighted by molar-refractivity contribution is 14.0. The van der Waals surface area contributed by atoms with Crippen LogP contribution in [0, 0.1) is 13.8 Å². The number of aliphatic imine (C=N–C) groups is 1. The van der Waals surface area contributed by atoms with Gasteiger partial charge in [0.25, 0.3) is 0 Å². The summed E-state index contributed by atoms with van der Waals surface area (Å²) >= 11 is 0.